The molecule has 0 atom stereocenters. The second kappa shape index (κ2) is 11.1. The average molecular weight is 551 g/mol. The summed E-state index contributed by atoms with van der Waals surface area (Å²) in [5.74, 6) is -0.0794. The Morgan fingerprint density at radius 3 is 2.18 bits per heavy atom. The summed E-state index contributed by atoms with van der Waals surface area (Å²) in [7, 11) is 0.335. The monoisotopic (exact) mass is 550 g/mol. The van der Waals surface area contributed by atoms with Crippen LogP contribution in [0.15, 0.2) is 82.5 Å². The van der Waals surface area contributed by atoms with Gasteiger partial charge in [-0.05, 0) is 50.2 Å². The van der Waals surface area contributed by atoms with E-state index in [0.29, 0.717) is 17.1 Å². The summed E-state index contributed by atoms with van der Waals surface area (Å²) < 4.78 is 42.2. The Morgan fingerprint density at radius 2 is 1.56 bits per heavy atom. The minimum atomic E-state index is -4.23. The van der Waals surface area contributed by atoms with Gasteiger partial charge in [-0.1, -0.05) is 35.9 Å². The number of hydrogen-bond acceptors (Lipinski definition) is 6. The van der Waals surface area contributed by atoms with Crippen molar-refractivity contribution in [3.05, 3.63) is 94.4 Å². The lowest BCUT2D eigenvalue weighted by Gasteiger charge is -2.24. The van der Waals surface area contributed by atoms with Crippen LogP contribution in [0.4, 0.5) is 11.4 Å². The van der Waals surface area contributed by atoms with E-state index in [1.807, 2.05) is 13.0 Å². The maximum absolute atomic E-state index is 13.8. The van der Waals surface area contributed by atoms with Gasteiger partial charge in [0.15, 0.2) is 11.5 Å². The number of ether oxygens (including phenoxy) is 2. The van der Waals surface area contributed by atoms with Gasteiger partial charge in [-0.2, -0.15) is 0 Å². The molecule has 0 bridgehead atoms. The first-order chi connectivity index (χ1) is 18.6. The molecule has 0 spiro atoms. The number of nitrogens with zero attached hydrogens (tertiary/aromatic N) is 3. The molecule has 0 fully saturated rings. The highest BCUT2D eigenvalue weighted by Crippen LogP contribution is 2.32. The van der Waals surface area contributed by atoms with E-state index >= 15 is 0 Å². The number of rotatable bonds is 9. The quantitative estimate of drug-likeness (QED) is 0.341. The second-order valence-corrected chi connectivity index (χ2v) is 10.7. The number of benzene rings is 3. The van der Waals surface area contributed by atoms with Gasteiger partial charge in [0.25, 0.3) is 15.6 Å². The number of anilines is 2. The zero-order valence-electron chi connectivity index (χ0n) is 22.3. The Morgan fingerprint density at radius 1 is 0.923 bits per heavy atom. The summed E-state index contributed by atoms with van der Waals surface area (Å²) in [6, 6.07) is 20.0. The van der Waals surface area contributed by atoms with E-state index in [9.17, 15) is 18.0 Å². The fourth-order valence-corrected chi connectivity index (χ4v) is 5.59. The van der Waals surface area contributed by atoms with Crippen LogP contribution in [0.1, 0.15) is 11.3 Å². The lowest BCUT2D eigenvalue weighted by molar-refractivity contribution is -0.114. The summed E-state index contributed by atoms with van der Waals surface area (Å²) >= 11 is 0. The standard InChI is InChI=1S/C28H30N4O6S/c1-19-11-13-21(14-12-19)31(39(35,36)23-15-16-24(37-4)25(17-23)38-5)18-26(33)29-27-20(2)30(3)32(28(27)34)22-9-7-6-8-10-22/h6-17H,18H2,1-5H3,(H,29,33). The Kier molecular flexibility index (Phi) is 7.82. The molecule has 3 aromatic carbocycles. The molecule has 10 nitrogen and oxygen atoms in total. The van der Waals surface area contributed by atoms with Crippen molar-refractivity contribution in [1.82, 2.24) is 9.36 Å². The van der Waals surface area contributed by atoms with E-state index in [-0.39, 0.29) is 22.0 Å². The highest BCUT2D eigenvalue weighted by atomic mass is 32.2. The third-order valence-corrected chi connectivity index (χ3v) is 8.14. The molecule has 0 unspecified atom stereocenters. The molecular weight excluding hydrogens is 520 g/mol. The predicted molar refractivity (Wildman–Crippen MR) is 150 cm³/mol. The molecule has 1 aromatic heterocycles. The van der Waals surface area contributed by atoms with E-state index < -0.39 is 28.0 Å². The second-order valence-electron chi connectivity index (χ2n) is 8.85. The van der Waals surface area contributed by atoms with E-state index in [2.05, 4.69) is 5.32 Å². The maximum atomic E-state index is 13.8. The number of aryl methyl sites for hydroxylation is 1. The Hall–Kier alpha value is -4.51. The van der Waals surface area contributed by atoms with Crippen LogP contribution < -0.4 is 24.7 Å². The van der Waals surface area contributed by atoms with Crippen molar-refractivity contribution in [3.8, 4) is 17.2 Å². The fraction of sp³-hybridized carbons (Fsp3) is 0.214. The molecule has 1 heterocycles. The first-order valence-corrected chi connectivity index (χ1v) is 13.5. The fourth-order valence-electron chi connectivity index (χ4n) is 4.15. The number of nitrogens with one attached hydrogen (secondary N) is 1. The van der Waals surface area contributed by atoms with Gasteiger partial charge in [-0.15, -0.1) is 0 Å². The number of amides is 1. The number of hydrogen-bond donors (Lipinski definition) is 1. The number of carbonyl (C=O) groups excluding carboxylic acids is 1. The van der Waals surface area contributed by atoms with Gasteiger partial charge in [0.2, 0.25) is 5.91 Å². The van der Waals surface area contributed by atoms with Crippen molar-refractivity contribution in [3.63, 3.8) is 0 Å². The first kappa shape index (κ1) is 27.5. The Bertz CT molecular complexity index is 1660. The van der Waals surface area contributed by atoms with Crippen LogP contribution in [0.3, 0.4) is 0 Å². The van der Waals surface area contributed by atoms with E-state index in [1.165, 1.54) is 37.1 Å². The summed E-state index contributed by atoms with van der Waals surface area (Å²) in [6.07, 6.45) is 0. The molecule has 1 N–H and O–H groups in total. The lowest BCUT2D eigenvalue weighted by Crippen LogP contribution is -2.38. The van der Waals surface area contributed by atoms with Gasteiger partial charge >= 0.3 is 0 Å². The zero-order chi connectivity index (χ0) is 28.3. The molecule has 0 aliphatic rings. The van der Waals surface area contributed by atoms with Crippen LogP contribution >= 0.6 is 0 Å². The van der Waals surface area contributed by atoms with E-state index in [0.717, 1.165) is 9.87 Å². The number of aromatic nitrogens is 2. The molecule has 0 saturated heterocycles. The molecule has 0 radical (unpaired) electrons. The van der Waals surface area contributed by atoms with Crippen LogP contribution in [0.5, 0.6) is 11.5 Å². The first-order valence-electron chi connectivity index (χ1n) is 12.0. The Labute approximate surface area is 227 Å². The molecule has 1 amide bonds. The molecule has 11 heteroatoms. The zero-order valence-corrected chi connectivity index (χ0v) is 23.2. The van der Waals surface area contributed by atoms with Gasteiger partial charge in [0.1, 0.15) is 12.2 Å². The number of methoxy groups -OCH3 is 2. The third kappa shape index (κ3) is 5.39. The predicted octanol–water partition coefficient (Wildman–Crippen LogP) is 3.64. The van der Waals surface area contributed by atoms with E-state index in [1.54, 1.807) is 67.2 Å². The van der Waals surface area contributed by atoms with E-state index in [4.69, 9.17) is 9.47 Å². The third-order valence-electron chi connectivity index (χ3n) is 6.37. The molecule has 0 aliphatic carbocycles. The maximum Gasteiger partial charge on any atom is 0.295 e. The van der Waals surface area contributed by atoms with Crippen molar-refractivity contribution in [2.75, 3.05) is 30.4 Å². The summed E-state index contributed by atoms with van der Waals surface area (Å²) in [5.41, 5.74) is 2.00. The van der Waals surface area contributed by atoms with Crippen LogP contribution in [-0.2, 0) is 21.9 Å². The molecule has 0 aliphatic heterocycles. The van der Waals surface area contributed by atoms with Crippen molar-refractivity contribution >= 4 is 27.3 Å². The lowest BCUT2D eigenvalue weighted by atomic mass is 10.2. The van der Waals surface area contributed by atoms with Gasteiger partial charge < -0.3 is 14.8 Å². The molecular formula is C28H30N4O6S. The largest absolute Gasteiger partial charge is 0.493 e. The minimum absolute atomic E-state index is 0.0683. The summed E-state index contributed by atoms with van der Waals surface area (Å²) in [6.45, 7) is 3.01. The molecule has 4 rings (SSSR count). The molecule has 204 valence electrons. The smallest absolute Gasteiger partial charge is 0.295 e. The van der Waals surface area contributed by atoms with Crippen molar-refractivity contribution in [2.45, 2.75) is 18.7 Å². The number of sulfonamides is 1. The van der Waals surface area contributed by atoms with Gasteiger partial charge in [0, 0.05) is 13.1 Å². The number of carbonyl (C=O) groups is 1. The van der Waals surface area contributed by atoms with Crippen molar-refractivity contribution < 1.29 is 22.7 Å². The van der Waals surface area contributed by atoms with Gasteiger partial charge in [-0.3, -0.25) is 18.6 Å². The highest BCUT2D eigenvalue weighted by molar-refractivity contribution is 7.92. The van der Waals surface area contributed by atoms with Crippen molar-refractivity contribution in [1.29, 1.82) is 0 Å². The summed E-state index contributed by atoms with van der Waals surface area (Å²) in [5, 5.41) is 2.64. The number of para-hydroxylation sites is 1. The van der Waals surface area contributed by atoms with Crippen LogP contribution in [0.25, 0.3) is 5.69 Å². The summed E-state index contributed by atoms with van der Waals surface area (Å²) in [4.78, 5) is 26.5. The van der Waals surface area contributed by atoms with Gasteiger partial charge in [0.05, 0.1) is 36.2 Å². The average Bonchev–Trinajstić information content (AvgIpc) is 3.15. The van der Waals surface area contributed by atoms with Crippen LogP contribution in [0, 0.1) is 13.8 Å². The molecule has 39 heavy (non-hydrogen) atoms. The Balaban J connectivity index is 1.71. The minimum Gasteiger partial charge on any atom is -0.493 e. The molecule has 4 aromatic rings. The van der Waals surface area contributed by atoms with Crippen molar-refractivity contribution in [2.24, 2.45) is 7.05 Å². The van der Waals surface area contributed by atoms with Crippen LogP contribution in [0.2, 0.25) is 0 Å². The normalized spacial score (nSPS) is 11.2. The molecule has 0 saturated carbocycles. The SMILES string of the molecule is COc1ccc(S(=O)(=O)N(CC(=O)Nc2c(C)n(C)n(-c3ccccc3)c2=O)c2ccc(C)cc2)cc1OC. The topological polar surface area (TPSA) is 112 Å². The van der Waals surface area contributed by atoms with Gasteiger partial charge in [-0.25, -0.2) is 13.1 Å². The highest BCUT2D eigenvalue weighted by Gasteiger charge is 2.29. The van der Waals surface area contributed by atoms with Crippen LogP contribution in [-0.4, -0.2) is 44.5 Å².